The average molecular weight is 613 g/mol. The molecule has 9 nitrogen and oxygen atoms in total. The quantitative estimate of drug-likeness (QED) is 0.195. The average Bonchev–Trinajstić information content (AvgIpc) is 3.51. The largest absolute Gasteiger partial charge is 0.468 e. The molecule has 0 radical (unpaired) electrons. The Hall–Kier alpha value is -4.54. The summed E-state index contributed by atoms with van der Waals surface area (Å²) in [6.45, 7) is 4.74. The number of carbonyl (C=O) groups excluding carboxylic acids is 3. The number of ether oxygens (including phenoxy) is 1. The topological polar surface area (TPSA) is 113 Å². The van der Waals surface area contributed by atoms with Gasteiger partial charge in [0.1, 0.15) is 11.8 Å². The number of thioether (sulfide) groups is 1. The fourth-order valence-corrected chi connectivity index (χ4v) is 6.12. The Bertz CT molecular complexity index is 1600. The van der Waals surface area contributed by atoms with Crippen LogP contribution in [0.1, 0.15) is 31.6 Å². The van der Waals surface area contributed by atoms with Gasteiger partial charge in [-0.1, -0.05) is 54.6 Å². The van der Waals surface area contributed by atoms with E-state index in [0.717, 1.165) is 33.0 Å². The molecule has 1 aliphatic rings. The minimum Gasteiger partial charge on any atom is -0.468 e. The van der Waals surface area contributed by atoms with Crippen molar-refractivity contribution in [3.63, 3.8) is 0 Å². The van der Waals surface area contributed by atoms with E-state index in [1.54, 1.807) is 22.9 Å². The Labute approximate surface area is 261 Å². The maximum Gasteiger partial charge on any atom is 0.411 e. The number of benzene rings is 3. The number of carbonyl (C=O) groups is 3. The van der Waals surface area contributed by atoms with E-state index in [9.17, 15) is 14.4 Å². The van der Waals surface area contributed by atoms with Gasteiger partial charge in [-0.15, -0.1) is 11.8 Å². The molecule has 0 saturated heterocycles. The number of rotatable bonds is 10. The minimum atomic E-state index is -0.684. The van der Waals surface area contributed by atoms with Crippen LogP contribution in [-0.4, -0.2) is 42.4 Å². The second kappa shape index (κ2) is 13.8. The molecule has 0 fully saturated rings. The smallest absolute Gasteiger partial charge is 0.411 e. The molecular formula is C34H36N4O5S. The summed E-state index contributed by atoms with van der Waals surface area (Å²) < 4.78 is 10.1. The summed E-state index contributed by atoms with van der Waals surface area (Å²) in [5, 5.41) is 9.12. The number of nitrogens with zero attached hydrogens (tertiary/aromatic N) is 1. The molecule has 44 heavy (non-hydrogen) atoms. The van der Waals surface area contributed by atoms with Crippen molar-refractivity contribution in [3.05, 3.63) is 103 Å². The molecule has 0 bridgehead atoms. The fourth-order valence-electron chi connectivity index (χ4n) is 5.05. The van der Waals surface area contributed by atoms with E-state index in [-0.39, 0.29) is 18.2 Å². The van der Waals surface area contributed by atoms with Crippen LogP contribution in [0.5, 0.6) is 0 Å². The summed E-state index contributed by atoms with van der Waals surface area (Å²) in [7, 11) is 1.32. The van der Waals surface area contributed by atoms with Crippen LogP contribution in [-0.2, 0) is 27.4 Å². The zero-order valence-electron chi connectivity index (χ0n) is 25.0. The maximum atomic E-state index is 14.0. The fraction of sp³-hybridized carbons (Fsp3) is 0.265. The van der Waals surface area contributed by atoms with Crippen LogP contribution < -0.4 is 20.9 Å². The van der Waals surface area contributed by atoms with Crippen molar-refractivity contribution < 1.29 is 23.5 Å². The SMILES string of the molecule is COC(=O)Nc1ccccc1-c1ccc(CN2C(=O)[C@H](NC(=O)CC(C)(C)NCc3ccco3)CSc3ccccc32)cc1. The lowest BCUT2D eigenvalue weighted by atomic mass is 9.99. The van der Waals surface area contributed by atoms with E-state index in [0.29, 0.717) is 24.5 Å². The summed E-state index contributed by atoms with van der Waals surface area (Å²) in [6.07, 6.45) is 1.28. The summed E-state index contributed by atoms with van der Waals surface area (Å²) in [6, 6.07) is 26.2. The van der Waals surface area contributed by atoms with Gasteiger partial charge in [-0.3, -0.25) is 14.9 Å². The minimum absolute atomic E-state index is 0.158. The van der Waals surface area contributed by atoms with E-state index in [1.807, 2.05) is 98.8 Å². The highest BCUT2D eigenvalue weighted by Gasteiger charge is 2.33. The lowest BCUT2D eigenvalue weighted by molar-refractivity contribution is -0.127. The number of anilines is 2. The molecule has 10 heteroatoms. The molecule has 5 rings (SSSR count). The Kier molecular flexibility index (Phi) is 9.72. The number of furan rings is 1. The second-order valence-electron chi connectivity index (χ2n) is 11.2. The van der Waals surface area contributed by atoms with Gasteiger partial charge in [0.05, 0.1) is 37.8 Å². The molecule has 2 heterocycles. The molecule has 1 aromatic heterocycles. The van der Waals surface area contributed by atoms with Crippen LogP contribution in [0, 0.1) is 0 Å². The lowest BCUT2D eigenvalue weighted by Crippen LogP contribution is -2.51. The van der Waals surface area contributed by atoms with Crippen molar-refractivity contribution in [2.75, 3.05) is 23.1 Å². The van der Waals surface area contributed by atoms with Gasteiger partial charge in [-0.05, 0) is 55.3 Å². The number of hydrogen-bond donors (Lipinski definition) is 3. The van der Waals surface area contributed by atoms with E-state index >= 15 is 0 Å². The molecule has 1 atom stereocenters. The van der Waals surface area contributed by atoms with Gasteiger partial charge < -0.3 is 24.7 Å². The number of amides is 3. The van der Waals surface area contributed by atoms with E-state index in [1.165, 1.54) is 7.11 Å². The van der Waals surface area contributed by atoms with Crippen LogP contribution in [0.4, 0.5) is 16.2 Å². The van der Waals surface area contributed by atoms with E-state index in [2.05, 4.69) is 16.0 Å². The molecule has 0 aliphatic carbocycles. The van der Waals surface area contributed by atoms with Crippen molar-refractivity contribution in [2.24, 2.45) is 0 Å². The van der Waals surface area contributed by atoms with Crippen LogP contribution in [0.25, 0.3) is 11.1 Å². The molecule has 3 amide bonds. The van der Waals surface area contributed by atoms with Crippen molar-refractivity contribution in [2.45, 2.75) is 49.8 Å². The van der Waals surface area contributed by atoms with Crippen LogP contribution in [0.15, 0.2) is 101 Å². The Morgan fingerprint density at radius 1 is 1.00 bits per heavy atom. The maximum absolute atomic E-state index is 14.0. The highest BCUT2D eigenvalue weighted by atomic mass is 32.2. The van der Waals surface area contributed by atoms with Crippen molar-refractivity contribution in [1.82, 2.24) is 10.6 Å². The molecule has 3 aromatic carbocycles. The van der Waals surface area contributed by atoms with Gasteiger partial charge in [0.2, 0.25) is 5.91 Å². The van der Waals surface area contributed by atoms with Gasteiger partial charge in [0, 0.05) is 28.2 Å². The predicted octanol–water partition coefficient (Wildman–Crippen LogP) is 6.21. The zero-order valence-corrected chi connectivity index (χ0v) is 25.8. The van der Waals surface area contributed by atoms with Gasteiger partial charge in [0.15, 0.2) is 0 Å². The highest BCUT2D eigenvalue weighted by Crippen LogP contribution is 2.36. The van der Waals surface area contributed by atoms with E-state index < -0.39 is 17.7 Å². The summed E-state index contributed by atoms with van der Waals surface area (Å²) in [5.74, 6) is 0.864. The van der Waals surface area contributed by atoms with Crippen molar-refractivity contribution >= 4 is 41.0 Å². The molecule has 0 saturated carbocycles. The lowest BCUT2D eigenvalue weighted by Gasteiger charge is -2.28. The second-order valence-corrected chi connectivity index (χ2v) is 12.2. The summed E-state index contributed by atoms with van der Waals surface area (Å²) in [5.41, 5.74) is 3.63. The Morgan fingerprint density at radius 2 is 1.75 bits per heavy atom. The molecular weight excluding hydrogens is 576 g/mol. The number of methoxy groups -OCH3 is 1. The summed E-state index contributed by atoms with van der Waals surface area (Å²) >= 11 is 1.56. The third kappa shape index (κ3) is 7.69. The van der Waals surface area contributed by atoms with Crippen LogP contribution >= 0.6 is 11.8 Å². The molecule has 3 N–H and O–H groups in total. The first-order valence-electron chi connectivity index (χ1n) is 14.4. The van der Waals surface area contributed by atoms with Crippen LogP contribution in [0.2, 0.25) is 0 Å². The molecule has 0 unspecified atom stereocenters. The van der Waals surface area contributed by atoms with Gasteiger partial charge in [0.25, 0.3) is 5.91 Å². The number of nitrogens with one attached hydrogen (secondary N) is 3. The first-order chi connectivity index (χ1) is 21.2. The molecule has 0 spiro atoms. The highest BCUT2D eigenvalue weighted by molar-refractivity contribution is 7.99. The molecule has 228 valence electrons. The van der Waals surface area contributed by atoms with Crippen molar-refractivity contribution in [3.8, 4) is 11.1 Å². The van der Waals surface area contributed by atoms with Crippen molar-refractivity contribution in [1.29, 1.82) is 0 Å². The number of fused-ring (bicyclic) bond motifs is 1. The van der Waals surface area contributed by atoms with E-state index in [4.69, 9.17) is 9.15 Å². The van der Waals surface area contributed by atoms with Gasteiger partial charge in [-0.25, -0.2) is 4.79 Å². The predicted molar refractivity (Wildman–Crippen MR) is 172 cm³/mol. The Balaban J connectivity index is 1.30. The first-order valence-corrected chi connectivity index (χ1v) is 15.3. The first kappa shape index (κ1) is 30.9. The summed E-state index contributed by atoms with van der Waals surface area (Å²) in [4.78, 5) is 41.7. The van der Waals surface area contributed by atoms with Gasteiger partial charge >= 0.3 is 6.09 Å². The number of para-hydroxylation sites is 2. The number of hydrogen-bond acceptors (Lipinski definition) is 7. The van der Waals surface area contributed by atoms with Gasteiger partial charge in [-0.2, -0.15) is 0 Å². The zero-order chi connectivity index (χ0) is 31.1. The van der Waals surface area contributed by atoms with Crippen LogP contribution in [0.3, 0.4) is 0 Å². The molecule has 4 aromatic rings. The molecule has 1 aliphatic heterocycles. The Morgan fingerprint density at radius 3 is 2.50 bits per heavy atom. The third-order valence-corrected chi connectivity index (χ3v) is 8.50. The third-order valence-electron chi connectivity index (χ3n) is 7.34. The monoisotopic (exact) mass is 612 g/mol. The standard InChI is InChI=1S/C34H36N4O5S/c1-34(2,35-20-25-9-8-18-43-25)19-31(39)36-28-22-44-30-13-7-6-12-29(30)38(32(28)40)21-23-14-16-24(17-15-23)26-10-4-5-11-27(26)37-33(41)42-3/h4-18,28,35H,19-22H2,1-3H3,(H,36,39)(H,37,41)/t28-/m1/s1. The normalized spacial score (nSPS) is 14.8.